The average molecular weight is 177 g/mol. The lowest BCUT2D eigenvalue weighted by Crippen LogP contribution is -1.97. The molecule has 0 amide bonds. The van der Waals surface area contributed by atoms with E-state index in [1.54, 1.807) is 0 Å². The Labute approximate surface area is 76.0 Å². The van der Waals surface area contributed by atoms with Gasteiger partial charge in [0, 0.05) is 13.5 Å². The van der Waals surface area contributed by atoms with Crippen LogP contribution in [0.4, 0.5) is 0 Å². The molecule has 0 aliphatic rings. The number of aliphatic hydroxyl groups is 1. The minimum Gasteiger partial charge on any atom is -0.400 e. The first-order valence-corrected chi connectivity index (χ1v) is 4.50. The van der Waals surface area contributed by atoms with Gasteiger partial charge in [-0.15, -0.1) is 0 Å². The molecule has 0 aliphatic heterocycles. The van der Waals surface area contributed by atoms with E-state index in [0.29, 0.717) is 6.42 Å². The third-order valence-corrected chi connectivity index (χ3v) is 1.03. The molecule has 0 rings (SSSR count). The highest BCUT2D eigenvalue weighted by Gasteiger charge is 1.83. The number of hydrogen-bond donors (Lipinski definition) is 2. The van der Waals surface area contributed by atoms with Crippen LogP contribution in [0.5, 0.6) is 0 Å². The topological polar surface area (TPSA) is 63.3 Å². The second-order valence-electron chi connectivity index (χ2n) is 1.80. The quantitative estimate of drug-likeness (QED) is 0.492. The Morgan fingerprint density at radius 2 is 1.67 bits per heavy atom. The largest absolute Gasteiger partial charge is 0.400 e. The van der Waals surface area contributed by atoms with Gasteiger partial charge in [-0.3, -0.25) is 0 Å². The van der Waals surface area contributed by atoms with Crippen LogP contribution >= 0.6 is 0 Å². The summed E-state index contributed by atoms with van der Waals surface area (Å²) >= 11 is 0. The molecule has 0 bridgehead atoms. The summed E-state index contributed by atoms with van der Waals surface area (Å²) in [5, 5.41) is 7.00. The van der Waals surface area contributed by atoms with Crippen molar-refractivity contribution in [3.8, 4) is 0 Å². The fourth-order valence-electron chi connectivity index (χ4n) is 0.549. The van der Waals surface area contributed by atoms with Crippen molar-refractivity contribution in [1.82, 2.24) is 0 Å². The van der Waals surface area contributed by atoms with Crippen molar-refractivity contribution < 1.29 is 9.90 Å². The van der Waals surface area contributed by atoms with Gasteiger partial charge in [0.2, 0.25) is 0 Å². The van der Waals surface area contributed by atoms with Crippen LogP contribution in [0.3, 0.4) is 0 Å². The first kappa shape index (κ1) is 17.6. The van der Waals surface area contributed by atoms with Gasteiger partial charge in [-0.1, -0.05) is 20.3 Å². The molecule has 0 heterocycles. The highest BCUT2D eigenvalue weighted by atomic mass is 16.2. The van der Waals surface area contributed by atoms with E-state index in [4.69, 9.17) is 10.8 Å². The van der Waals surface area contributed by atoms with Crippen LogP contribution in [-0.2, 0) is 4.79 Å². The minimum absolute atomic E-state index is 0.694. The van der Waals surface area contributed by atoms with Crippen LogP contribution in [0.1, 0.15) is 39.5 Å². The molecule has 12 heavy (non-hydrogen) atoms. The molecule has 0 atom stereocenters. The zero-order valence-corrected chi connectivity index (χ0v) is 8.55. The second kappa shape index (κ2) is 31.2. The molecule has 0 spiro atoms. The minimum atomic E-state index is 0.694. The molecule has 0 aromatic carbocycles. The number of hydrogen-bond acceptors (Lipinski definition) is 3. The molecule has 76 valence electrons. The molecular weight excluding hydrogens is 154 g/mol. The van der Waals surface area contributed by atoms with Crippen molar-refractivity contribution in [3.05, 3.63) is 0 Å². The molecule has 0 aromatic heterocycles. The molecule has 0 saturated carbocycles. The van der Waals surface area contributed by atoms with Gasteiger partial charge in [-0.2, -0.15) is 0 Å². The van der Waals surface area contributed by atoms with Gasteiger partial charge in [-0.25, -0.2) is 0 Å². The zero-order valence-electron chi connectivity index (χ0n) is 8.55. The highest BCUT2D eigenvalue weighted by molar-refractivity contribution is 5.48. The van der Waals surface area contributed by atoms with Crippen LogP contribution in [0, 0.1) is 0 Å². The number of rotatable bonds is 5. The smallest absolute Gasteiger partial charge is 0.119 e. The zero-order chi connectivity index (χ0) is 10.2. The maximum atomic E-state index is 9.74. The maximum Gasteiger partial charge on any atom is 0.119 e. The van der Waals surface area contributed by atoms with Crippen molar-refractivity contribution in [3.63, 3.8) is 0 Å². The fraction of sp³-hybridized carbons (Fsp3) is 0.889. The molecule has 0 aliphatic carbocycles. The van der Waals surface area contributed by atoms with Crippen LogP contribution in [-0.4, -0.2) is 25.0 Å². The number of aliphatic hydroxyl groups excluding tert-OH is 1. The number of unbranched alkanes of at least 4 members (excludes halogenated alkanes) is 3. The van der Waals surface area contributed by atoms with Crippen LogP contribution in [0.25, 0.3) is 0 Å². The molecule has 0 aromatic rings. The standard InChI is InChI=1S/C6H13NO.C2H6.CH4O/c7-5-3-1-2-4-6-8;2*1-2/h6H,1-5,7H2;1-2H3;2H,1H3. The van der Waals surface area contributed by atoms with Crippen molar-refractivity contribution >= 4 is 6.29 Å². The summed E-state index contributed by atoms with van der Waals surface area (Å²) in [7, 11) is 1.00. The lowest BCUT2D eigenvalue weighted by atomic mass is 10.2. The van der Waals surface area contributed by atoms with Gasteiger partial charge in [0.1, 0.15) is 6.29 Å². The first-order chi connectivity index (χ1) is 5.91. The van der Waals surface area contributed by atoms with Crippen LogP contribution in [0.15, 0.2) is 0 Å². The molecule has 0 saturated heterocycles. The maximum absolute atomic E-state index is 9.74. The van der Waals surface area contributed by atoms with Crippen molar-refractivity contribution in [2.24, 2.45) is 5.73 Å². The summed E-state index contributed by atoms with van der Waals surface area (Å²) in [6, 6.07) is 0. The van der Waals surface area contributed by atoms with E-state index in [-0.39, 0.29) is 0 Å². The van der Waals surface area contributed by atoms with Gasteiger partial charge in [0.25, 0.3) is 0 Å². The summed E-state index contributed by atoms with van der Waals surface area (Å²) in [6.07, 6.45) is 4.79. The highest BCUT2D eigenvalue weighted by Crippen LogP contribution is 1.94. The predicted molar refractivity (Wildman–Crippen MR) is 53.1 cm³/mol. The monoisotopic (exact) mass is 177 g/mol. The van der Waals surface area contributed by atoms with E-state index in [1.165, 1.54) is 0 Å². The third kappa shape index (κ3) is 33.6. The molecule has 3 nitrogen and oxygen atoms in total. The Kier molecular flexibility index (Phi) is 45.8. The van der Waals surface area contributed by atoms with Crippen LogP contribution < -0.4 is 5.73 Å². The van der Waals surface area contributed by atoms with E-state index in [9.17, 15) is 4.79 Å². The van der Waals surface area contributed by atoms with Gasteiger partial charge < -0.3 is 15.6 Å². The summed E-state index contributed by atoms with van der Waals surface area (Å²) in [6.45, 7) is 4.75. The van der Waals surface area contributed by atoms with Crippen molar-refractivity contribution in [2.75, 3.05) is 13.7 Å². The van der Waals surface area contributed by atoms with E-state index in [2.05, 4.69) is 0 Å². The first-order valence-electron chi connectivity index (χ1n) is 4.50. The Bertz CT molecular complexity index is 58.5. The van der Waals surface area contributed by atoms with Gasteiger partial charge in [0.15, 0.2) is 0 Å². The van der Waals surface area contributed by atoms with Gasteiger partial charge >= 0.3 is 0 Å². The Morgan fingerprint density at radius 3 is 2.00 bits per heavy atom. The Hall–Kier alpha value is -0.410. The SMILES string of the molecule is CC.CO.NCCCCCC=O. The molecule has 0 fully saturated rings. The number of aldehydes is 1. The average Bonchev–Trinajstić information content (AvgIpc) is 2.19. The lowest BCUT2D eigenvalue weighted by molar-refractivity contribution is -0.107. The Morgan fingerprint density at radius 1 is 1.17 bits per heavy atom. The molecule has 3 heteroatoms. The summed E-state index contributed by atoms with van der Waals surface area (Å²) in [5.41, 5.74) is 5.22. The van der Waals surface area contributed by atoms with E-state index in [0.717, 1.165) is 39.2 Å². The second-order valence-corrected chi connectivity index (χ2v) is 1.80. The van der Waals surface area contributed by atoms with E-state index >= 15 is 0 Å². The Balaban J connectivity index is -0.000000175. The van der Waals surface area contributed by atoms with Crippen molar-refractivity contribution in [1.29, 1.82) is 0 Å². The van der Waals surface area contributed by atoms with E-state index in [1.807, 2.05) is 13.8 Å². The number of carbonyl (C=O) groups is 1. The lowest BCUT2D eigenvalue weighted by Gasteiger charge is -1.90. The molecule has 0 radical (unpaired) electrons. The summed E-state index contributed by atoms with van der Waals surface area (Å²) < 4.78 is 0. The normalized spacial score (nSPS) is 7.08. The van der Waals surface area contributed by atoms with Gasteiger partial charge in [0.05, 0.1) is 0 Å². The third-order valence-electron chi connectivity index (χ3n) is 1.03. The fourth-order valence-corrected chi connectivity index (χ4v) is 0.549. The predicted octanol–water partition coefficient (Wildman–Crippen LogP) is 1.34. The molecule has 3 N–H and O–H groups in total. The summed E-state index contributed by atoms with van der Waals surface area (Å²) in [4.78, 5) is 9.74. The van der Waals surface area contributed by atoms with Crippen LogP contribution in [0.2, 0.25) is 0 Å². The molecular formula is C9H23NO2. The van der Waals surface area contributed by atoms with Gasteiger partial charge in [-0.05, 0) is 19.4 Å². The van der Waals surface area contributed by atoms with E-state index < -0.39 is 0 Å². The summed E-state index contributed by atoms with van der Waals surface area (Å²) in [5.74, 6) is 0. The van der Waals surface area contributed by atoms with Crippen molar-refractivity contribution in [2.45, 2.75) is 39.5 Å². The molecule has 0 unspecified atom stereocenters. The number of nitrogens with two attached hydrogens (primary N) is 1. The number of carbonyl (C=O) groups excluding carboxylic acids is 1.